The molecule has 0 aromatic heterocycles. The van der Waals surface area contributed by atoms with Crippen LogP contribution in [0.15, 0.2) is 60.7 Å². The molecule has 4 rings (SSSR count). The van der Waals surface area contributed by atoms with E-state index in [0.717, 1.165) is 34.1 Å². The second kappa shape index (κ2) is 6.71. The van der Waals surface area contributed by atoms with E-state index in [-0.39, 0.29) is 17.7 Å². The third kappa shape index (κ3) is 2.77. The van der Waals surface area contributed by atoms with Gasteiger partial charge in [-0.15, -0.1) is 0 Å². The molecule has 1 fully saturated rings. The summed E-state index contributed by atoms with van der Waals surface area (Å²) in [5.74, 6) is 1.06. The van der Waals surface area contributed by atoms with Crippen molar-refractivity contribution in [3.05, 3.63) is 71.8 Å². The zero-order valence-corrected chi connectivity index (χ0v) is 14.7. The summed E-state index contributed by atoms with van der Waals surface area (Å²) in [5, 5.41) is 12.7. The minimum atomic E-state index is -0.341. The monoisotopic (exact) mass is 347 g/mol. The fourth-order valence-corrected chi connectivity index (χ4v) is 3.83. The minimum absolute atomic E-state index is 0.116. The Morgan fingerprint density at radius 3 is 2.69 bits per heavy atom. The van der Waals surface area contributed by atoms with Gasteiger partial charge in [-0.3, -0.25) is 4.79 Å². The Morgan fingerprint density at radius 1 is 1.08 bits per heavy atom. The highest BCUT2D eigenvalue weighted by Crippen LogP contribution is 2.41. The van der Waals surface area contributed by atoms with Gasteiger partial charge in [-0.2, -0.15) is 0 Å². The van der Waals surface area contributed by atoms with Crippen LogP contribution < -0.4 is 4.74 Å². The number of carbonyl (C=O) groups excluding carboxylic acids is 1. The number of rotatable bonds is 4. The van der Waals surface area contributed by atoms with Gasteiger partial charge in [0.25, 0.3) is 0 Å². The van der Waals surface area contributed by atoms with E-state index in [2.05, 4.69) is 0 Å². The van der Waals surface area contributed by atoms with Crippen LogP contribution in [0, 0.1) is 0 Å². The molecule has 0 radical (unpaired) electrons. The smallest absolute Gasteiger partial charge is 0.223 e. The van der Waals surface area contributed by atoms with E-state index >= 15 is 0 Å². The highest BCUT2D eigenvalue weighted by molar-refractivity contribution is 5.89. The summed E-state index contributed by atoms with van der Waals surface area (Å²) >= 11 is 0. The topological polar surface area (TPSA) is 49.8 Å². The first-order valence-corrected chi connectivity index (χ1v) is 8.83. The molecule has 3 aromatic rings. The Balaban J connectivity index is 1.97. The highest BCUT2D eigenvalue weighted by atomic mass is 16.5. The number of methoxy groups -OCH3 is 1. The summed E-state index contributed by atoms with van der Waals surface area (Å²) in [7, 11) is 1.63. The fraction of sp³-hybridized carbons (Fsp3) is 0.227. The van der Waals surface area contributed by atoms with Gasteiger partial charge >= 0.3 is 0 Å². The molecule has 0 bridgehead atoms. The second-order valence-corrected chi connectivity index (χ2v) is 6.59. The van der Waals surface area contributed by atoms with Crippen LogP contribution in [0.2, 0.25) is 0 Å². The molecular formula is C22H21NO3. The molecule has 1 aliphatic heterocycles. The van der Waals surface area contributed by atoms with E-state index in [0.29, 0.717) is 13.0 Å². The summed E-state index contributed by atoms with van der Waals surface area (Å²) in [6.07, 6.45) is 1.39. The summed E-state index contributed by atoms with van der Waals surface area (Å²) in [4.78, 5) is 14.4. The quantitative estimate of drug-likeness (QED) is 0.767. The van der Waals surface area contributed by atoms with E-state index in [9.17, 15) is 9.90 Å². The van der Waals surface area contributed by atoms with Crippen molar-refractivity contribution in [2.24, 2.45) is 0 Å². The lowest BCUT2D eigenvalue weighted by molar-refractivity contribution is -0.129. The van der Waals surface area contributed by atoms with Crippen LogP contribution >= 0.6 is 0 Å². The molecule has 0 spiro atoms. The first-order chi connectivity index (χ1) is 12.7. The van der Waals surface area contributed by atoms with E-state index in [1.807, 2.05) is 59.5 Å². The van der Waals surface area contributed by atoms with Crippen molar-refractivity contribution in [1.82, 2.24) is 4.90 Å². The number of carbonyl (C=O) groups is 1. The van der Waals surface area contributed by atoms with Crippen molar-refractivity contribution < 1.29 is 14.6 Å². The normalized spacial score (nSPS) is 15.4. The number of ether oxygens (including phenoxy) is 1. The molecule has 26 heavy (non-hydrogen) atoms. The number of phenols is 1. The van der Waals surface area contributed by atoms with Crippen LogP contribution in [0.1, 0.15) is 30.0 Å². The fourth-order valence-electron chi connectivity index (χ4n) is 3.83. The summed E-state index contributed by atoms with van der Waals surface area (Å²) in [6.45, 7) is 0.684. The molecule has 4 heteroatoms. The Hall–Kier alpha value is -3.01. The second-order valence-electron chi connectivity index (χ2n) is 6.59. The van der Waals surface area contributed by atoms with Gasteiger partial charge in [-0.1, -0.05) is 42.5 Å². The van der Waals surface area contributed by atoms with E-state index < -0.39 is 0 Å². The number of amides is 1. The van der Waals surface area contributed by atoms with Gasteiger partial charge in [0.1, 0.15) is 11.5 Å². The predicted octanol–water partition coefficient (Wildman–Crippen LogP) is 4.27. The molecule has 132 valence electrons. The number of aromatic hydroxyl groups is 1. The van der Waals surface area contributed by atoms with Crippen LogP contribution in [0.5, 0.6) is 11.5 Å². The van der Waals surface area contributed by atoms with Gasteiger partial charge in [0.15, 0.2) is 0 Å². The third-order valence-electron chi connectivity index (χ3n) is 5.05. The SMILES string of the molecule is COc1cccc(C(c2c(O)ccc3ccccc23)N2CCCC2=O)c1. The van der Waals surface area contributed by atoms with Gasteiger partial charge in [0.05, 0.1) is 13.2 Å². The number of likely N-dealkylation sites (tertiary alicyclic amines) is 1. The number of fused-ring (bicyclic) bond motifs is 1. The molecule has 1 unspecified atom stereocenters. The molecule has 3 aromatic carbocycles. The maximum atomic E-state index is 12.6. The van der Waals surface area contributed by atoms with Crippen LogP contribution in [0.3, 0.4) is 0 Å². The molecule has 4 nitrogen and oxygen atoms in total. The van der Waals surface area contributed by atoms with Crippen molar-refractivity contribution in [3.63, 3.8) is 0 Å². The maximum absolute atomic E-state index is 12.6. The molecule has 0 aliphatic carbocycles. The Labute approximate surface area is 152 Å². The molecule has 1 saturated heterocycles. The van der Waals surface area contributed by atoms with Crippen LogP contribution in [0.4, 0.5) is 0 Å². The average molecular weight is 347 g/mol. The van der Waals surface area contributed by atoms with Gasteiger partial charge in [0.2, 0.25) is 5.91 Å². The lowest BCUT2D eigenvalue weighted by atomic mass is 9.91. The van der Waals surface area contributed by atoms with Gasteiger partial charge in [-0.25, -0.2) is 0 Å². The van der Waals surface area contributed by atoms with E-state index in [1.54, 1.807) is 13.2 Å². The van der Waals surface area contributed by atoms with Gasteiger partial charge < -0.3 is 14.7 Å². The molecule has 0 saturated carbocycles. The molecular weight excluding hydrogens is 326 g/mol. The minimum Gasteiger partial charge on any atom is -0.508 e. The number of nitrogens with zero attached hydrogens (tertiary/aromatic N) is 1. The lowest BCUT2D eigenvalue weighted by Gasteiger charge is -2.30. The number of hydrogen-bond donors (Lipinski definition) is 1. The predicted molar refractivity (Wildman–Crippen MR) is 101 cm³/mol. The van der Waals surface area contributed by atoms with Crippen LogP contribution in [-0.2, 0) is 4.79 Å². The van der Waals surface area contributed by atoms with E-state index in [4.69, 9.17) is 4.74 Å². The van der Waals surface area contributed by atoms with Crippen LogP contribution in [-0.4, -0.2) is 29.6 Å². The van der Waals surface area contributed by atoms with Crippen molar-refractivity contribution in [2.75, 3.05) is 13.7 Å². The van der Waals surface area contributed by atoms with Gasteiger partial charge in [-0.05, 0) is 41.0 Å². The molecule has 1 heterocycles. The summed E-state index contributed by atoms with van der Waals surface area (Å²) in [5.41, 5.74) is 1.71. The molecule has 1 atom stereocenters. The van der Waals surface area contributed by atoms with Crippen molar-refractivity contribution in [3.8, 4) is 11.5 Å². The first kappa shape index (κ1) is 16.5. The third-order valence-corrected chi connectivity index (χ3v) is 5.05. The molecule has 1 aliphatic rings. The highest BCUT2D eigenvalue weighted by Gasteiger charge is 2.33. The number of hydrogen-bond acceptors (Lipinski definition) is 3. The largest absolute Gasteiger partial charge is 0.508 e. The lowest BCUT2D eigenvalue weighted by Crippen LogP contribution is -2.30. The number of phenolic OH excluding ortho intramolecular Hbond substituents is 1. The Kier molecular flexibility index (Phi) is 4.25. The average Bonchev–Trinajstić information content (AvgIpc) is 3.09. The summed E-state index contributed by atoms with van der Waals surface area (Å²) < 4.78 is 5.38. The van der Waals surface area contributed by atoms with Crippen molar-refractivity contribution in [1.29, 1.82) is 0 Å². The zero-order chi connectivity index (χ0) is 18.1. The van der Waals surface area contributed by atoms with Crippen LogP contribution in [0.25, 0.3) is 10.8 Å². The Bertz CT molecular complexity index is 967. The molecule has 1 amide bonds. The van der Waals surface area contributed by atoms with Gasteiger partial charge in [0, 0.05) is 18.5 Å². The maximum Gasteiger partial charge on any atom is 0.223 e. The number of benzene rings is 3. The Morgan fingerprint density at radius 2 is 1.92 bits per heavy atom. The zero-order valence-electron chi connectivity index (χ0n) is 14.7. The summed E-state index contributed by atoms with van der Waals surface area (Å²) in [6, 6.07) is 19.0. The standard InChI is InChI=1S/C22H21NO3/c1-26-17-8-4-7-16(14-17)22(23-13-5-10-20(23)25)21-18-9-3-2-6-15(18)11-12-19(21)24/h2-4,6-9,11-12,14,22,24H,5,10,13H2,1H3. The first-order valence-electron chi connectivity index (χ1n) is 8.83. The van der Waals surface area contributed by atoms with Crippen molar-refractivity contribution >= 4 is 16.7 Å². The van der Waals surface area contributed by atoms with Crippen molar-refractivity contribution in [2.45, 2.75) is 18.9 Å². The molecule has 1 N–H and O–H groups in total. The van der Waals surface area contributed by atoms with E-state index in [1.165, 1.54) is 0 Å².